The summed E-state index contributed by atoms with van der Waals surface area (Å²) in [6.45, 7) is 6.97. The number of carbonyl (C=O) groups is 1. The molecule has 0 radical (unpaired) electrons. The number of alkyl halides is 2. The molecule has 16 heavy (non-hydrogen) atoms. The van der Waals surface area contributed by atoms with Gasteiger partial charge >= 0.3 is 0 Å². The second-order valence-electron chi connectivity index (χ2n) is 5.80. The van der Waals surface area contributed by atoms with Crippen molar-refractivity contribution in [1.82, 2.24) is 4.90 Å². The minimum atomic E-state index is -0.839. The maximum absolute atomic E-state index is 12.4. The highest BCUT2D eigenvalue weighted by molar-refractivity contribution is 6.53. The summed E-state index contributed by atoms with van der Waals surface area (Å²) in [4.78, 5) is 14.4. The van der Waals surface area contributed by atoms with E-state index in [1.165, 1.54) is 0 Å². The van der Waals surface area contributed by atoms with Crippen LogP contribution < -0.4 is 0 Å². The summed E-state index contributed by atoms with van der Waals surface area (Å²) in [5, 5.41) is 0. The normalized spacial score (nSPS) is 31.6. The standard InChI is InChI=1S/C12H19Cl2NO/c1-8(2)6-15(9-4-5-9)10(16)11(3)7-12(11,13)14/h8-9H,4-7H2,1-3H3. The zero-order valence-electron chi connectivity index (χ0n) is 10.1. The highest BCUT2D eigenvalue weighted by Crippen LogP contribution is 2.64. The fourth-order valence-corrected chi connectivity index (χ4v) is 2.82. The molecule has 0 aliphatic heterocycles. The van der Waals surface area contributed by atoms with Gasteiger partial charge in [0, 0.05) is 12.6 Å². The Labute approximate surface area is 107 Å². The molecule has 2 saturated carbocycles. The van der Waals surface area contributed by atoms with Gasteiger partial charge in [-0.05, 0) is 32.1 Å². The van der Waals surface area contributed by atoms with Crippen LogP contribution in [0.1, 0.15) is 40.0 Å². The van der Waals surface area contributed by atoms with E-state index in [9.17, 15) is 4.79 Å². The second-order valence-corrected chi connectivity index (χ2v) is 7.28. The quantitative estimate of drug-likeness (QED) is 0.714. The molecule has 0 aromatic carbocycles. The van der Waals surface area contributed by atoms with Crippen molar-refractivity contribution in [3.63, 3.8) is 0 Å². The lowest BCUT2D eigenvalue weighted by molar-refractivity contribution is -0.137. The maximum atomic E-state index is 12.4. The summed E-state index contributed by atoms with van der Waals surface area (Å²) in [6.07, 6.45) is 2.85. The fraction of sp³-hybridized carbons (Fsp3) is 0.917. The van der Waals surface area contributed by atoms with Gasteiger partial charge in [-0.2, -0.15) is 0 Å². The van der Waals surface area contributed by atoms with E-state index >= 15 is 0 Å². The molecule has 0 N–H and O–H groups in total. The van der Waals surface area contributed by atoms with Crippen LogP contribution in [0.5, 0.6) is 0 Å². The minimum absolute atomic E-state index is 0.147. The topological polar surface area (TPSA) is 20.3 Å². The highest BCUT2D eigenvalue weighted by Gasteiger charge is 2.69. The monoisotopic (exact) mass is 263 g/mol. The number of carbonyl (C=O) groups excluding carboxylic acids is 1. The zero-order chi connectivity index (χ0) is 12.1. The number of rotatable bonds is 4. The molecule has 2 aliphatic carbocycles. The van der Waals surface area contributed by atoms with Crippen LogP contribution in [-0.4, -0.2) is 27.7 Å². The Kier molecular flexibility index (Phi) is 2.95. The molecular formula is C12H19Cl2NO. The van der Waals surface area contributed by atoms with Crippen LogP contribution in [0.3, 0.4) is 0 Å². The van der Waals surface area contributed by atoms with Gasteiger partial charge in [-0.3, -0.25) is 4.79 Å². The molecule has 0 bridgehead atoms. The van der Waals surface area contributed by atoms with Gasteiger partial charge in [0.15, 0.2) is 0 Å². The Morgan fingerprint density at radius 2 is 1.94 bits per heavy atom. The average molecular weight is 264 g/mol. The van der Waals surface area contributed by atoms with Gasteiger partial charge < -0.3 is 4.90 Å². The Hall–Kier alpha value is 0.0500. The van der Waals surface area contributed by atoms with Crippen LogP contribution in [0, 0.1) is 11.3 Å². The van der Waals surface area contributed by atoms with Gasteiger partial charge in [-0.25, -0.2) is 0 Å². The second kappa shape index (κ2) is 3.78. The number of hydrogen-bond donors (Lipinski definition) is 0. The largest absolute Gasteiger partial charge is 0.339 e. The number of nitrogens with zero attached hydrogens (tertiary/aromatic N) is 1. The first kappa shape index (κ1) is 12.5. The average Bonchev–Trinajstić information content (AvgIpc) is 3.00. The predicted octanol–water partition coefficient (Wildman–Crippen LogP) is 3.22. The summed E-state index contributed by atoms with van der Waals surface area (Å²) >= 11 is 12.1. The smallest absolute Gasteiger partial charge is 0.231 e. The summed E-state index contributed by atoms with van der Waals surface area (Å²) in [5.74, 6) is 0.639. The van der Waals surface area contributed by atoms with Gasteiger partial charge in [-0.1, -0.05) is 13.8 Å². The van der Waals surface area contributed by atoms with E-state index in [1.807, 2.05) is 11.8 Å². The van der Waals surface area contributed by atoms with Crippen molar-refractivity contribution in [2.45, 2.75) is 50.4 Å². The van der Waals surface area contributed by atoms with Crippen LogP contribution in [-0.2, 0) is 4.79 Å². The Morgan fingerprint density at radius 3 is 2.25 bits per heavy atom. The van der Waals surface area contributed by atoms with Gasteiger partial charge in [0.05, 0.1) is 5.41 Å². The van der Waals surface area contributed by atoms with Crippen molar-refractivity contribution >= 4 is 29.1 Å². The minimum Gasteiger partial charge on any atom is -0.339 e. The molecule has 1 amide bonds. The van der Waals surface area contributed by atoms with Crippen molar-refractivity contribution in [3.05, 3.63) is 0 Å². The molecule has 2 fully saturated rings. The van der Waals surface area contributed by atoms with E-state index in [2.05, 4.69) is 13.8 Å². The van der Waals surface area contributed by atoms with E-state index in [-0.39, 0.29) is 5.91 Å². The molecular weight excluding hydrogens is 245 g/mol. The van der Waals surface area contributed by atoms with Crippen LogP contribution in [0.25, 0.3) is 0 Å². The lowest BCUT2D eigenvalue weighted by atomic mass is 10.1. The van der Waals surface area contributed by atoms with Crippen molar-refractivity contribution in [1.29, 1.82) is 0 Å². The van der Waals surface area contributed by atoms with E-state index in [4.69, 9.17) is 23.2 Å². The van der Waals surface area contributed by atoms with Crippen LogP contribution in [0.2, 0.25) is 0 Å². The number of halogens is 2. The van der Waals surface area contributed by atoms with Crippen molar-refractivity contribution in [2.75, 3.05) is 6.54 Å². The molecule has 2 nitrogen and oxygen atoms in total. The molecule has 0 heterocycles. The van der Waals surface area contributed by atoms with Crippen molar-refractivity contribution in [3.8, 4) is 0 Å². The van der Waals surface area contributed by atoms with Crippen LogP contribution in [0.4, 0.5) is 0 Å². The Balaban J connectivity index is 2.06. The molecule has 4 heteroatoms. The lowest BCUT2D eigenvalue weighted by Crippen LogP contribution is -2.41. The summed E-state index contributed by atoms with van der Waals surface area (Å²) in [6, 6.07) is 0.441. The van der Waals surface area contributed by atoms with Gasteiger partial charge in [0.2, 0.25) is 5.91 Å². The summed E-state index contributed by atoms with van der Waals surface area (Å²) < 4.78 is -0.839. The van der Waals surface area contributed by atoms with Crippen molar-refractivity contribution < 1.29 is 4.79 Å². The molecule has 92 valence electrons. The molecule has 0 saturated heterocycles. The molecule has 0 aromatic heterocycles. The third-order valence-corrected chi connectivity index (χ3v) is 4.64. The van der Waals surface area contributed by atoms with Gasteiger partial charge in [0.25, 0.3) is 0 Å². The summed E-state index contributed by atoms with van der Waals surface area (Å²) in [7, 11) is 0. The maximum Gasteiger partial charge on any atom is 0.231 e. The third kappa shape index (κ3) is 2.06. The van der Waals surface area contributed by atoms with Crippen LogP contribution in [0.15, 0.2) is 0 Å². The molecule has 2 aliphatic rings. The fourth-order valence-electron chi connectivity index (χ4n) is 2.13. The first-order valence-electron chi connectivity index (χ1n) is 5.97. The van der Waals surface area contributed by atoms with E-state index in [1.54, 1.807) is 0 Å². The van der Waals surface area contributed by atoms with E-state index in [0.717, 1.165) is 19.4 Å². The van der Waals surface area contributed by atoms with E-state index in [0.29, 0.717) is 18.4 Å². The Bertz CT molecular complexity index is 312. The molecule has 0 spiro atoms. The zero-order valence-corrected chi connectivity index (χ0v) is 11.6. The molecule has 2 rings (SSSR count). The Morgan fingerprint density at radius 1 is 1.44 bits per heavy atom. The lowest BCUT2D eigenvalue weighted by Gasteiger charge is -2.28. The first-order valence-corrected chi connectivity index (χ1v) is 6.72. The molecule has 1 unspecified atom stereocenters. The van der Waals surface area contributed by atoms with Gasteiger partial charge in [-0.15, -0.1) is 23.2 Å². The highest BCUT2D eigenvalue weighted by atomic mass is 35.5. The van der Waals surface area contributed by atoms with Crippen LogP contribution >= 0.6 is 23.2 Å². The molecule has 1 atom stereocenters. The predicted molar refractivity (Wildman–Crippen MR) is 66.7 cm³/mol. The SMILES string of the molecule is CC(C)CN(C(=O)C1(C)CC1(Cl)Cl)C1CC1. The summed E-state index contributed by atoms with van der Waals surface area (Å²) in [5.41, 5.74) is -0.548. The van der Waals surface area contributed by atoms with Crippen molar-refractivity contribution in [2.24, 2.45) is 11.3 Å². The first-order chi connectivity index (χ1) is 7.28. The number of hydrogen-bond acceptors (Lipinski definition) is 1. The number of amides is 1. The third-order valence-electron chi connectivity index (χ3n) is 3.54. The van der Waals surface area contributed by atoms with Gasteiger partial charge in [0.1, 0.15) is 4.33 Å². The molecule has 0 aromatic rings. The van der Waals surface area contributed by atoms with E-state index < -0.39 is 9.75 Å².